The molecule has 262 valence electrons. The molecule has 0 spiro atoms. The first kappa shape index (κ1) is 41.7. The Morgan fingerprint density at radius 1 is 0.978 bits per heavy atom. The standard InChI is InChI=1S/C27H31F5N2O3S.C4H10.2C2H6/c1-36-15-24(18-5-6-22(28)21(11-18)27(30,31)32)34-9-7-16(8-10-34)14-37-25-13-23(29)20(26(35)33-38-2)12-19(25)17-3-4-17;1-3-4-2;2*1-2/h5-6,11-13,16-17,24H,3-4,7-10,14-15H2,1-2H3,(H,33,35);3-4H2,1-2H3;2*1-2H3. The Bertz CT molecular complexity index is 1170. The summed E-state index contributed by atoms with van der Waals surface area (Å²) in [7, 11) is 1.48. The zero-order valence-electron chi connectivity index (χ0n) is 28.7. The van der Waals surface area contributed by atoms with Crippen molar-refractivity contribution in [1.29, 1.82) is 0 Å². The molecule has 2 aromatic rings. The van der Waals surface area contributed by atoms with E-state index in [-0.39, 0.29) is 24.0 Å². The number of nitrogens with one attached hydrogen (secondary N) is 1. The number of piperidine rings is 1. The van der Waals surface area contributed by atoms with Crippen molar-refractivity contribution < 1.29 is 36.2 Å². The molecule has 11 heteroatoms. The molecule has 1 aliphatic carbocycles. The molecular weight excluding hydrogens is 623 g/mol. The lowest BCUT2D eigenvalue weighted by atomic mass is 9.94. The summed E-state index contributed by atoms with van der Waals surface area (Å²) in [4.78, 5) is 14.2. The summed E-state index contributed by atoms with van der Waals surface area (Å²) in [5.41, 5.74) is -0.0898. The molecule has 2 aliphatic rings. The second-order valence-corrected chi connectivity index (χ2v) is 11.4. The van der Waals surface area contributed by atoms with E-state index in [1.54, 1.807) is 12.3 Å². The van der Waals surface area contributed by atoms with Crippen molar-refractivity contribution in [3.05, 3.63) is 64.2 Å². The molecule has 46 heavy (non-hydrogen) atoms. The first-order valence-electron chi connectivity index (χ1n) is 16.4. The first-order valence-corrected chi connectivity index (χ1v) is 17.7. The Balaban J connectivity index is 0.00000121. The molecule has 1 heterocycles. The van der Waals surface area contributed by atoms with Gasteiger partial charge in [0.1, 0.15) is 17.4 Å². The van der Waals surface area contributed by atoms with Crippen molar-refractivity contribution in [2.45, 2.75) is 98.2 Å². The number of hydrogen-bond donors (Lipinski definition) is 1. The minimum absolute atomic E-state index is 0.000525. The smallest absolute Gasteiger partial charge is 0.419 e. The van der Waals surface area contributed by atoms with E-state index in [0.29, 0.717) is 31.0 Å². The monoisotopic (exact) mass is 676 g/mol. The van der Waals surface area contributed by atoms with E-state index in [9.17, 15) is 26.7 Å². The Morgan fingerprint density at radius 2 is 1.59 bits per heavy atom. The van der Waals surface area contributed by atoms with Crippen LogP contribution in [0.4, 0.5) is 22.0 Å². The van der Waals surface area contributed by atoms with Gasteiger partial charge in [0.15, 0.2) is 0 Å². The normalized spacial score (nSPS) is 15.7. The molecule has 1 atom stereocenters. The summed E-state index contributed by atoms with van der Waals surface area (Å²) in [6.07, 6.45) is 2.93. The lowest BCUT2D eigenvalue weighted by Gasteiger charge is -2.37. The van der Waals surface area contributed by atoms with Crippen LogP contribution in [-0.4, -0.2) is 50.5 Å². The van der Waals surface area contributed by atoms with Gasteiger partial charge >= 0.3 is 6.18 Å². The number of hydrogen-bond acceptors (Lipinski definition) is 5. The lowest BCUT2D eigenvalue weighted by molar-refractivity contribution is -0.140. The highest BCUT2D eigenvalue weighted by molar-refractivity contribution is 7.97. The van der Waals surface area contributed by atoms with Gasteiger partial charge in [0.25, 0.3) is 5.91 Å². The number of ether oxygens (including phenoxy) is 2. The van der Waals surface area contributed by atoms with Crippen LogP contribution in [0.2, 0.25) is 0 Å². The van der Waals surface area contributed by atoms with Gasteiger partial charge in [0.2, 0.25) is 0 Å². The molecule has 1 aliphatic heterocycles. The van der Waals surface area contributed by atoms with E-state index in [1.165, 1.54) is 32.1 Å². The Hall–Kier alpha value is -2.37. The highest BCUT2D eigenvalue weighted by Gasteiger charge is 2.36. The van der Waals surface area contributed by atoms with Crippen LogP contribution in [0, 0.1) is 17.6 Å². The fraction of sp³-hybridized carbons (Fsp3) is 0.629. The van der Waals surface area contributed by atoms with Crippen LogP contribution < -0.4 is 9.46 Å². The number of rotatable bonds is 11. The summed E-state index contributed by atoms with van der Waals surface area (Å²) in [5, 5.41) is 0. The zero-order chi connectivity index (χ0) is 34.9. The minimum Gasteiger partial charge on any atom is -0.493 e. The number of methoxy groups -OCH3 is 1. The van der Waals surface area contributed by atoms with E-state index in [1.807, 2.05) is 32.6 Å². The maximum atomic E-state index is 14.7. The number of amides is 1. The first-order chi connectivity index (χ1) is 22.0. The second-order valence-electron chi connectivity index (χ2n) is 10.8. The predicted octanol–water partition coefficient (Wildman–Crippen LogP) is 10.2. The van der Waals surface area contributed by atoms with E-state index in [2.05, 4.69) is 18.6 Å². The quantitative estimate of drug-likeness (QED) is 0.190. The van der Waals surface area contributed by atoms with Gasteiger partial charge in [-0.25, -0.2) is 8.78 Å². The van der Waals surface area contributed by atoms with E-state index < -0.39 is 35.3 Å². The van der Waals surface area contributed by atoms with Gasteiger partial charge in [0.05, 0.1) is 30.4 Å². The molecule has 1 saturated carbocycles. The van der Waals surface area contributed by atoms with Gasteiger partial charge in [-0.05, 0) is 79.9 Å². The van der Waals surface area contributed by atoms with Crippen LogP contribution in [0.25, 0.3) is 0 Å². The molecule has 1 amide bonds. The number of carbonyl (C=O) groups is 1. The third-order valence-electron chi connectivity index (χ3n) is 7.63. The van der Waals surface area contributed by atoms with Crippen molar-refractivity contribution in [2.24, 2.45) is 5.92 Å². The summed E-state index contributed by atoms with van der Waals surface area (Å²) in [6.45, 7) is 14.1. The van der Waals surface area contributed by atoms with Gasteiger partial charge in [-0.2, -0.15) is 13.2 Å². The number of halogens is 5. The molecule has 1 N–H and O–H groups in total. The average molecular weight is 677 g/mol. The van der Waals surface area contributed by atoms with Crippen LogP contribution in [0.15, 0.2) is 30.3 Å². The maximum absolute atomic E-state index is 14.7. The summed E-state index contributed by atoms with van der Waals surface area (Å²) >= 11 is 1.11. The summed E-state index contributed by atoms with van der Waals surface area (Å²) in [5.74, 6) is -1.54. The fourth-order valence-corrected chi connectivity index (χ4v) is 5.20. The van der Waals surface area contributed by atoms with E-state index in [0.717, 1.165) is 55.3 Å². The SMILES string of the molecule is CC.CC.CCCC.COCC(c1ccc(F)c(C(F)(F)F)c1)N1CCC(COc2cc(F)c(C(=O)NSC)cc2C2CC2)CC1. The number of unbranched alkanes of at least 4 members (excludes halogenated alkanes) is 1. The van der Waals surface area contributed by atoms with Crippen molar-refractivity contribution in [1.82, 2.24) is 9.62 Å². The average Bonchev–Trinajstić information content (AvgIpc) is 3.90. The third kappa shape index (κ3) is 12.7. The number of nitrogens with zero attached hydrogens (tertiary/aromatic N) is 1. The van der Waals surface area contributed by atoms with Gasteiger partial charge in [-0.15, -0.1) is 0 Å². The van der Waals surface area contributed by atoms with Crippen LogP contribution in [0.5, 0.6) is 5.75 Å². The molecule has 5 nitrogen and oxygen atoms in total. The number of likely N-dealkylation sites (tertiary alicyclic amines) is 1. The molecule has 2 fully saturated rings. The maximum Gasteiger partial charge on any atom is 0.419 e. The molecule has 2 aromatic carbocycles. The van der Waals surface area contributed by atoms with Crippen LogP contribution in [0.3, 0.4) is 0 Å². The second kappa shape index (κ2) is 21.5. The highest BCUT2D eigenvalue weighted by Crippen LogP contribution is 2.45. The molecular formula is C35H53F5N2O3S. The van der Waals surface area contributed by atoms with Crippen molar-refractivity contribution in [3.63, 3.8) is 0 Å². The molecule has 0 bridgehead atoms. The van der Waals surface area contributed by atoms with E-state index >= 15 is 0 Å². The number of alkyl halides is 3. The van der Waals surface area contributed by atoms with Gasteiger partial charge in [-0.3, -0.25) is 14.4 Å². The number of carbonyl (C=O) groups excluding carboxylic acids is 1. The predicted molar refractivity (Wildman–Crippen MR) is 178 cm³/mol. The van der Waals surface area contributed by atoms with Gasteiger partial charge in [0, 0.05) is 19.4 Å². The summed E-state index contributed by atoms with van der Waals surface area (Å²) < 4.78 is 82.2. The largest absolute Gasteiger partial charge is 0.493 e. The molecule has 1 unspecified atom stereocenters. The molecule has 4 rings (SSSR count). The molecule has 0 aromatic heterocycles. The van der Waals surface area contributed by atoms with E-state index in [4.69, 9.17) is 9.47 Å². The van der Waals surface area contributed by atoms with Crippen LogP contribution in [-0.2, 0) is 10.9 Å². The summed E-state index contributed by atoms with van der Waals surface area (Å²) in [6, 6.07) is 5.53. The fourth-order valence-electron chi connectivity index (χ4n) is 4.91. The van der Waals surface area contributed by atoms with Gasteiger partial charge < -0.3 is 9.47 Å². The Morgan fingerprint density at radius 3 is 2.09 bits per heavy atom. The van der Waals surface area contributed by atoms with Crippen LogP contribution in [0.1, 0.15) is 119 Å². The van der Waals surface area contributed by atoms with Crippen LogP contribution >= 0.6 is 11.9 Å². The highest BCUT2D eigenvalue weighted by atomic mass is 32.2. The Labute approximate surface area is 277 Å². The van der Waals surface area contributed by atoms with Crippen molar-refractivity contribution >= 4 is 17.9 Å². The number of benzene rings is 2. The topological polar surface area (TPSA) is 50.8 Å². The zero-order valence-corrected chi connectivity index (χ0v) is 29.5. The lowest BCUT2D eigenvalue weighted by Crippen LogP contribution is -2.40. The molecule has 0 radical (unpaired) electrons. The Kier molecular flexibility index (Phi) is 19.5. The third-order valence-corrected chi connectivity index (χ3v) is 8.02. The van der Waals surface area contributed by atoms with Gasteiger partial charge in [-0.1, -0.05) is 72.4 Å². The molecule has 1 saturated heterocycles. The van der Waals surface area contributed by atoms with Crippen molar-refractivity contribution in [2.75, 3.05) is 39.7 Å². The minimum atomic E-state index is -4.78. The van der Waals surface area contributed by atoms with Crippen molar-refractivity contribution in [3.8, 4) is 5.75 Å².